The Morgan fingerprint density at radius 2 is 2.04 bits per heavy atom. The summed E-state index contributed by atoms with van der Waals surface area (Å²) in [6, 6.07) is 5.94. The molecule has 130 valence electrons. The molecule has 1 aliphatic heterocycles. The quantitative estimate of drug-likeness (QED) is 0.804. The van der Waals surface area contributed by atoms with E-state index in [0.29, 0.717) is 5.02 Å². The summed E-state index contributed by atoms with van der Waals surface area (Å²) in [6.45, 7) is 1.47. The fourth-order valence-electron chi connectivity index (χ4n) is 2.32. The first kappa shape index (κ1) is 20.2. The molecule has 9 heteroatoms. The number of likely N-dealkylation sites (N-methyl/N-ethyl adjacent to an activating group) is 1. The van der Waals surface area contributed by atoms with Crippen molar-refractivity contribution in [3.05, 3.63) is 29.3 Å². The molecule has 0 bridgehead atoms. The highest BCUT2D eigenvalue weighted by molar-refractivity contribution is 7.89. The second kappa shape index (κ2) is 8.84. The molecular formula is C14H21Cl2N3O3S. The van der Waals surface area contributed by atoms with Gasteiger partial charge >= 0.3 is 0 Å². The van der Waals surface area contributed by atoms with Crippen molar-refractivity contribution in [1.29, 1.82) is 0 Å². The number of carbonyl (C=O) groups is 1. The van der Waals surface area contributed by atoms with Crippen LogP contribution in [0, 0.1) is 0 Å². The predicted octanol–water partition coefficient (Wildman–Crippen LogP) is 1.25. The topological polar surface area (TPSA) is 78.5 Å². The number of sulfonamides is 1. The van der Waals surface area contributed by atoms with Gasteiger partial charge in [-0.25, -0.2) is 8.42 Å². The zero-order valence-electron chi connectivity index (χ0n) is 12.8. The van der Waals surface area contributed by atoms with Crippen molar-refractivity contribution in [2.45, 2.75) is 23.8 Å². The van der Waals surface area contributed by atoms with E-state index in [1.165, 1.54) is 31.3 Å². The minimum Gasteiger partial charge on any atom is -0.351 e. The Kier molecular flexibility index (Phi) is 7.76. The summed E-state index contributed by atoms with van der Waals surface area (Å²) in [5.41, 5.74) is 0. The molecule has 0 spiro atoms. The van der Waals surface area contributed by atoms with Gasteiger partial charge in [-0.2, -0.15) is 4.31 Å². The van der Waals surface area contributed by atoms with E-state index in [2.05, 4.69) is 10.6 Å². The minimum absolute atomic E-state index is 0. The van der Waals surface area contributed by atoms with Crippen LogP contribution in [0.15, 0.2) is 29.2 Å². The van der Waals surface area contributed by atoms with Crippen LogP contribution in [0.3, 0.4) is 0 Å². The number of rotatable bonds is 5. The summed E-state index contributed by atoms with van der Waals surface area (Å²) in [5, 5.41) is 6.51. The number of piperidine rings is 1. The summed E-state index contributed by atoms with van der Waals surface area (Å²) in [5.74, 6) is -0.297. The summed E-state index contributed by atoms with van der Waals surface area (Å²) >= 11 is 5.76. The van der Waals surface area contributed by atoms with Crippen molar-refractivity contribution in [1.82, 2.24) is 14.9 Å². The lowest BCUT2D eigenvalue weighted by Gasteiger charge is -2.25. The molecule has 1 saturated heterocycles. The minimum atomic E-state index is -3.69. The molecular weight excluding hydrogens is 361 g/mol. The Labute approximate surface area is 148 Å². The van der Waals surface area contributed by atoms with Gasteiger partial charge in [-0.05, 0) is 43.7 Å². The molecule has 1 fully saturated rings. The number of halogens is 2. The smallest absolute Gasteiger partial charge is 0.243 e. The highest BCUT2D eigenvalue weighted by Crippen LogP contribution is 2.17. The van der Waals surface area contributed by atoms with Crippen LogP contribution in [0.25, 0.3) is 0 Å². The maximum Gasteiger partial charge on any atom is 0.243 e. The second-order valence-corrected chi connectivity index (χ2v) is 7.81. The van der Waals surface area contributed by atoms with E-state index < -0.39 is 10.0 Å². The van der Waals surface area contributed by atoms with E-state index in [0.717, 1.165) is 30.2 Å². The fourth-order valence-corrected chi connectivity index (χ4v) is 3.58. The third-order valence-corrected chi connectivity index (χ3v) is 5.62. The third-order valence-electron chi connectivity index (χ3n) is 3.55. The molecule has 23 heavy (non-hydrogen) atoms. The van der Waals surface area contributed by atoms with E-state index in [9.17, 15) is 13.2 Å². The lowest BCUT2D eigenvalue weighted by Crippen LogP contribution is -2.48. The number of nitrogens with zero attached hydrogens (tertiary/aromatic N) is 1. The largest absolute Gasteiger partial charge is 0.351 e. The van der Waals surface area contributed by atoms with Crippen LogP contribution in [0.1, 0.15) is 12.8 Å². The lowest BCUT2D eigenvalue weighted by atomic mass is 10.1. The molecule has 0 aromatic heterocycles. The van der Waals surface area contributed by atoms with Crippen LogP contribution < -0.4 is 10.6 Å². The number of hydrogen-bond donors (Lipinski definition) is 2. The van der Waals surface area contributed by atoms with Crippen molar-refractivity contribution in [2.75, 3.05) is 26.7 Å². The molecule has 6 nitrogen and oxygen atoms in total. The number of amides is 1. The average molecular weight is 382 g/mol. The van der Waals surface area contributed by atoms with Gasteiger partial charge in [0.25, 0.3) is 0 Å². The summed E-state index contributed by atoms with van der Waals surface area (Å²) in [7, 11) is -2.30. The molecule has 2 rings (SSSR count). The van der Waals surface area contributed by atoms with E-state index >= 15 is 0 Å². The van der Waals surface area contributed by atoms with Crippen LogP contribution >= 0.6 is 24.0 Å². The van der Waals surface area contributed by atoms with Crippen molar-refractivity contribution in [2.24, 2.45) is 0 Å². The van der Waals surface area contributed by atoms with Crippen LogP contribution in [0.2, 0.25) is 5.02 Å². The average Bonchev–Trinajstić information content (AvgIpc) is 2.48. The zero-order valence-corrected chi connectivity index (χ0v) is 15.2. The number of carbonyl (C=O) groups excluding carboxylic acids is 1. The maximum atomic E-state index is 12.4. The van der Waals surface area contributed by atoms with Gasteiger partial charge in [-0.15, -0.1) is 12.4 Å². The molecule has 1 unspecified atom stereocenters. The van der Waals surface area contributed by atoms with Gasteiger partial charge in [0.1, 0.15) is 0 Å². The van der Waals surface area contributed by atoms with E-state index in [1.807, 2.05) is 0 Å². The molecule has 1 aromatic carbocycles. The van der Waals surface area contributed by atoms with Crippen LogP contribution in [-0.2, 0) is 14.8 Å². The van der Waals surface area contributed by atoms with Gasteiger partial charge in [0.15, 0.2) is 0 Å². The van der Waals surface area contributed by atoms with Crippen LogP contribution in [0.5, 0.6) is 0 Å². The Hall–Kier alpha value is -0.860. The molecule has 1 aromatic rings. The summed E-state index contributed by atoms with van der Waals surface area (Å²) in [4.78, 5) is 12.1. The van der Waals surface area contributed by atoms with Gasteiger partial charge in [0, 0.05) is 24.7 Å². The third kappa shape index (κ3) is 5.61. The second-order valence-electron chi connectivity index (χ2n) is 5.33. The van der Waals surface area contributed by atoms with Gasteiger partial charge in [-0.1, -0.05) is 11.6 Å². The Morgan fingerprint density at radius 3 is 2.61 bits per heavy atom. The van der Waals surface area contributed by atoms with Crippen molar-refractivity contribution in [3.8, 4) is 0 Å². The normalized spacial score (nSPS) is 18.3. The first-order valence-electron chi connectivity index (χ1n) is 7.11. The molecule has 1 aliphatic rings. The zero-order chi connectivity index (χ0) is 16.2. The fraction of sp³-hybridized carbons (Fsp3) is 0.500. The number of hydrogen-bond acceptors (Lipinski definition) is 4. The van der Waals surface area contributed by atoms with E-state index in [1.54, 1.807) is 0 Å². The van der Waals surface area contributed by atoms with Crippen molar-refractivity contribution in [3.63, 3.8) is 0 Å². The van der Waals surface area contributed by atoms with Crippen LogP contribution in [0.4, 0.5) is 0 Å². The Balaban J connectivity index is 0.00000264. The molecule has 1 amide bonds. The molecule has 1 heterocycles. The Bertz CT molecular complexity index is 617. The van der Waals surface area contributed by atoms with Gasteiger partial charge in [0.2, 0.25) is 15.9 Å². The molecule has 0 radical (unpaired) electrons. The molecule has 0 aliphatic carbocycles. The first-order valence-corrected chi connectivity index (χ1v) is 8.93. The molecule has 1 atom stereocenters. The molecule has 0 saturated carbocycles. The highest BCUT2D eigenvalue weighted by Gasteiger charge is 2.24. The lowest BCUT2D eigenvalue weighted by molar-refractivity contribution is -0.121. The van der Waals surface area contributed by atoms with Gasteiger partial charge in [0.05, 0.1) is 11.4 Å². The monoisotopic (exact) mass is 381 g/mol. The number of nitrogens with one attached hydrogen (secondary N) is 2. The summed E-state index contributed by atoms with van der Waals surface area (Å²) in [6.07, 6.45) is 1.91. The first-order chi connectivity index (χ1) is 10.4. The van der Waals surface area contributed by atoms with Gasteiger partial charge < -0.3 is 10.6 Å². The highest BCUT2D eigenvalue weighted by atomic mass is 35.5. The van der Waals surface area contributed by atoms with Crippen molar-refractivity contribution >= 4 is 39.9 Å². The SMILES string of the molecule is CN(CC(=O)NC1CCCNC1)S(=O)(=O)c1ccc(Cl)cc1.Cl. The van der Waals surface area contributed by atoms with Crippen molar-refractivity contribution < 1.29 is 13.2 Å². The van der Waals surface area contributed by atoms with Crippen LogP contribution in [-0.4, -0.2) is 51.4 Å². The van der Waals surface area contributed by atoms with E-state index in [-0.39, 0.29) is 35.8 Å². The Morgan fingerprint density at radius 1 is 1.39 bits per heavy atom. The molecule has 2 N–H and O–H groups in total. The summed E-state index contributed by atoms with van der Waals surface area (Å²) < 4.78 is 25.8. The van der Waals surface area contributed by atoms with E-state index in [4.69, 9.17) is 11.6 Å². The number of benzene rings is 1. The predicted molar refractivity (Wildman–Crippen MR) is 92.6 cm³/mol. The maximum absolute atomic E-state index is 12.4. The standard InChI is InChI=1S/C14H20ClN3O3S.ClH/c1-18(10-14(19)17-12-3-2-8-16-9-12)22(20,21)13-6-4-11(15)5-7-13;/h4-7,12,16H,2-3,8-10H2,1H3,(H,17,19);1H. The van der Waals surface area contributed by atoms with Gasteiger partial charge in [-0.3, -0.25) is 4.79 Å².